The number of hydrogen-bond acceptors (Lipinski definition) is 2. The van der Waals surface area contributed by atoms with Crippen LogP contribution in [0.4, 0.5) is 4.39 Å². The monoisotopic (exact) mass is 266 g/mol. The molecular formula is C13H12ClFN2O. The van der Waals surface area contributed by atoms with E-state index < -0.39 is 5.82 Å². The summed E-state index contributed by atoms with van der Waals surface area (Å²) in [5.41, 5.74) is 0.982. The van der Waals surface area contributed by atoms with E-state index in [0.29, 0.717) is 6.42 Å². The molecule has 2 aromatic rings. The van der Waals surface area contributed by atoms with Crippen LogP contribution >= 0.6 is 11.6 Å². The third kappa shape index (κ3) is 2.59. The number of halogens is 2. The van der Waals surface area contributed by atoms with Crippen LogP contribution in [0.15, 0.2) is 30.5 Å². The highest BCUT2D eigenvalue weighted by Crippen LogP contribution is 2.19. The second kappa shape index (κ2) is 5.31. The number of hydrogen-bond donors (Lipinski definition) is 0. The molecule has 1 heterocycles. The summed E-state index contributed by atoms with van der Waals surface area (Å²) in [4.78, 5) is 11.9. The second-order valence-electron chi connectivity index (χ2n) is 3.97. The van der Waals surface area contributed by atoms with Gasteiger partial charge in [0, 0.05) is 25.4 Å². The van der Waals surface area contributed by atoms with Crippen molar-refractivity contribution in [2.24, 2.45) is 7.05 Å². The molecule has 1 aromatic carbocycles. The maximum atomic E-state index is 13.6. The molecule has 94 valence electrons. The Hall–Kier alpha value is -1.68. The van der Waals surface area contributed by atoms with Gasteiger partial charge in [-0.1, -0.05) is 17.7 Å². The molecule has 2 rings (SSSR count). The standard InChI is InChI=1S/C13H12ClFN2O/c1-17-9(7-8-16-17)5-6-12(18)10-3-2-4-11(14)13(10)15/h2-4,7-8H,5-6H2,1H3. The molecular weight excluding hydrogens is 255 g/mol. The van der Waals surface area contributed by atoms with E-state index in [1.165, 1.54) is 12.1 Å². The van der Waals surface area contributed by atoms with Crippen LogP contribution in [-0.4, -0.2) is 15.6 Å². The molecule has 0 amide bonds. The van der Waals surface area contributed by atoms with Crippen LogP contribution in [0.3, 0.4) is 0 Å². The van der Waals surface area contributed by atoms with Gasteiger partial charge in [-0.3, -0.25) is 9.48 Å². The minimum Gasteiger partial charge on any atom is -0.294 e. The Morgan fingerprint density at radius 1 is 1.44 bits per heavy atom. The molecule has 0 spiro atoms. The Labute approximate surface area is 109 Å². The Bertz CT molecular complexity index is 580. The van der Waals surface area contributed by atoms with Crippen LogP contribution in [0.25, 0.3) is 0 Å². The number of carbonyl (C=O) groups excluding carboxylic acids is 1. The van der Waals surface area contributed by atoms with Crippen LogP contribution in [0.5, 0.6) is 0 Å². The molecule has 0 atom stereocenters. The van der Waals surface area contributed by atoms with E-state index in [9.17, 15) is 9.18 Å². The van der Waals surface area contributed by atoms with E-state index in [-0.39, 0.29) is 22.8 Å². The zero-order valence-corrected chi connectivity index (χ0v) is 10.6. The molecule has 3 nitrogen and oxygen atoms in total. The lowest BCUT2D eigenvalue weighted by Crippen LogP contribution is -2.06. The largest absolute Gasteiger partial charge is 0.294 e. The highest BCUT2D eigenvalue weighted by atomic mass is 35.5. The van der Waals surface area contributed by atoms with Gasteiger partial charge in [0.1, 0.15) is 0 Å². The van der Waals surface area contributed by atoms with Crippen LogP contribution < -0.4 is 0 Å². The molecule has 0 bridgehead atoms. The van der Waals surface area contributed by atoms with Gasteiger partial charge in [0.2, 0.25) is 0 Å². The predicted molar refractivity (Wildman–Crippen MR) is 67.3 cm³/mol. The Kier molecular flexibility index (Phi) is 3.77. The van der Waals surface area contributed by atoms with Gasteiger partial charge in [-0.15, -0.1) is 0 Å². The summed E-state index contributed by atoms with van der Waals surface area (Å²) in [6.45, 7) is 0. The summed E-state index contributed by atoms with van der Waals surface area (Å²) < 4.78 is 15.3. The number of aromatic nitrogens is 2. The van der Waals surface area contributed by atoms with Crippen molar-refractivity contribution in [3.05, 3.63) is 52.6 Å². The fourth-order valence-corrected chi connectivity index (χ4v) is 1.92. The first-order valence-electron chi connectivity index (χ1n) is 5.53. The average Bonchev–Trinajstić information content (AvgIpc) is 2.75. The summed E-state index contributed by atoms with van der Waals surface area (Å²) in [5.74, 6) is -0.898. The highest BCUT2D eigenvalue weighted by Gasteiger charge is 2.14. The van der Waals surface area contributed by atoms with Gasteiger partial charge in [-0.25, -0.2) is 4.39 Å². The van der Waals surface area contributed by atoms with Gasteiger partial charge in [-0.05, 0) is 24.6 Å². The number of rotatable bonds is 4. The summed E-state index contributed by atoms with van der Waals surface area (Å²) in [5, 5.41) is 3.98. The van der Waals surface area contributed by atoms with Gasteiger partial charge in [0.05, 0.1) is 10.6 Å². The number of aryl methyl sites for hydroxylation is 2. The number of carbonyl (C=O) groups is 1. The van der Waals surface area contributed by atoms with Crippen molar-refractivity contribution < 1.29 is 9.18 Å². The summed E-state index contributed by atoms with van der Waals surface area (Å²) >= 11 is 5.64. The molecule has 0 aliphatic heterocycles. The zero-order valence-electron chi connectivity index (χ0n) is 9.86. The summed E-state index contributed by atoms with van der Waals surface area (Å²) in [7, 11) is 1.81. The van der Waals surface area contributed by atoms with Crippen LogP contribution in [0.2, 0.25) is 5.02 Å². The normalized spacial score (nSPS) is 10.6. The quantitative estimate of drug-likeness (QED) is 0.798. The number of nitrogens with zero attached hydrogens (tertiary/aromatic N) is 2. The van der Waals surface area contributed by atoms with Crippen LogP contribution in [-0.2, 0) is 13.5 Å². The third-order valence-electron chi connectivity index (χ3n) is 2.78. The van der Waals surface area contributed by atoms with Gasteiger partial charge in [0.15, 0.2) is 11.6 Å². The van der Waals surface area contributed by atoms with Gasteiger partial charge < -0.3 is 0 Å². The van der Waals surface area contributed by atoms with Crippen LogP contribution in [0, 0.1) is 5.82 Å². The highest BCUT2D eigenvalue weighted by molar-refractivity contribution is 6.31. The first kappa shape index (κ1) is 12.8. The molecule has 0 saturated heterocycles. The summed E-state index contributed by atoms with van der Waals surface area (Å²) in [6.07, 6.45) is 2.43. The van der Waals surface area contributed by atoms with Crippen molar-refractivity contribution >= 4 is 17.4 Å². The molecule has 1 aromatic heterocycles. The first-order chi connectivity index (χ1) is 8.59. The molecule has 0 N–H and O–H groups in total. The SMILES string of the molecule is Cn1nccc1CCC(=O)c1cccc(Cl)c1F. The molecule has 18 heavy (non-hydrogen) atoms. The predicted octanol–water partition coefficient (Wildman–Crippen LogP) is 3.03. The minimum atomic E-state index is -0.644. The number of Topliss-reactive ketones (excluding diaryl/α,β-unsaturated/α-hetero) is 1. The second-order valence-corrected chi connectivity index (χ2v) is 4.38. The van der Waals surface area contributed by atoms with Crippen molar-refractivity contribution in [1.29, 1.82) is 0 Å². The Morgan fingerprint density at radius 3 is 2.89 bits per heavy atom. The fourth-order valence-electron chi connectivity index (χ4n) is 1.74. The molecule has 5 heteroatoms. The molecule has 0 radical (unpaired) electrons. The first-order valence-corrected chi connectivity index (χ1v) is 5.91. The van der Waals surface area contributed by atoms with Crippen LogP contribution in [0.1, 0.15) is 22.5 Å². The molecule has 0 aliphatic rings. The maximum absolute atomic E-state index is 13.6. The lowest BCUT2D eigenvalue weighted by molar-refractivity contribution is 0.0978. The fraction of sp³-hybridized carbons (Fsp3) is 0.231. The van der Waals surface area contributed by atoms with E-state index in [1.807, 2.05) is 6.07 Å². The smallest absolute Gasteiger partial charge is 0.166 e. The maximum Gasteiger partial charge on any atom is 0.166 e. The van der Waals surface area contributed by atoms with E-state index >= 15 is 0 Å². The van der Waals surface area contributed by atoms with Crippen molar-refractivity contribution in [1.82, 2.24) is 9.78 Å². The zero-order chi connectivity index (χ0) is 13.1. The van der Waals surface area contributed by atoms with Gasteiger partial charge in [0.25, 0.3) is 0 Å². The summed E-state index contributed by atoms with van der Waals surface area (Å²) in [6, 6.07) is 6.28. The van der Waals surface area contributed by atoms with Gasteiger partial charge >= 0.3 is 0 Å². The topological polar surface area (TPSA) is 34.9 Å². The van der Waals surface area contributed by atoms with Crippen molar-refractivity contribution in [2.45, 2.75) is 12.8 Å². The third-order valence-corrected chi connectivity index (χ3v) is 3.07. The average molecular weight is 267 g/mol. The molecule has 0 saturated carbocycles. The number of ketones is 1. The number of benzene rings is 1. The lowest BCUT2D eigenvalue weighted by atomic mass is 10.0. The minimum absolute atomic E-state index is 0.0265. The van der Waals surface area contributed by atoms with E-state index in [0.717, 1.165) is 5.69 Å². The molecule has 0 fully saturated rings. The van der Waals surface area contributed by atoms with Crippen molar-refractivity contribution in [3.63, 3.8) is 0 Å². The van der Waals surface area contributed by atoms with Crippen molar-refractivity contribution in [2.75, 3.05) is 0 Å². The lowest BCUT2D eigenvalue weighted by Gasteiger charge is -2.04. The Morgan fingerprint density at radius 2 is 2.22 bits per heavy atom. The van der Waals surface area contributed by atoms with Gasteiger partial charge in [-0.2, -0.15) is 5.10 Å². The molecule has 0 aliphatic carbocycles. The Balaban J connectivity index is 2.09. The van der Waals surface area contributed by atoms with E-state index in [1.54, 1.807) is 24.0 Å². The van der Waals surface area contributed by atoms with E-state index in [4.69, 9.17) is 11.6 Å². The molecule has 0 unspecified atom stereocenters. The van der Waals surface area contributed by atoms with Crippen molar-refractivity contribution in [3.8, 4) is 0 Å². The van der Waals surface area contributed by atoms with E-state index in [2.05, 4.69) is 5.10 Å².